The van der Waals surface area contributed by atoms with Crippen molar-refractivity contribution in [1.29, 1.82) is 0 Å². The second kappa shape index (κ2) is 6.61. The second-order valence-corrected chi connectivity index (χ2v) is 7.88. The number of nitrogens with zero attached hydrogens (tertiary/aromatic N) is 1. The number of hydrogen-bond donors (Lipinski definition) is 3. The number of rotatable bonds is 3. The van der Waals surface area contributed by atoms with Crippen molar-refractivity contribution in [1.82, 2.24) is 4.90 Å². The zero-order valence-corrected chi connectivity index (χ0v) is 15.3. The van der Waals surface area contributed by atoms with Crippen molar-refractivity contribution in [3.63, 3.8) is 0 Å². The number of aliphatic hydroxyl groups is 2. The van der Waals surface area contributed by atoms with Gasteiger partial charge >= 0.3 is 0 Å². The lowest BCUT2D eigenvalue weighted by atomic mass is 9.94. The quantitative estimate of drug-likeness (QED) is 0.538. The van der Waals surface area contributed by atoms with Gasteiger partial charge in [0, 0.05) is 24.6 Å². The van der Waals surface area contributed by atoms with E-state index in [1.54, 1.807) is 6.92 Å². The Bertz CT molecular complexity index is 669. The first-order valence-electron chi connectivity index (χ1n) is 9.42. The summed E-state index contributed by atoms with van der Waals surface area (Å²) in [6, 6.07) is -1.30. The molecule has 9 heteroatoms. The molecule has 0 aromatic rings. The highest BCUT2D eigenvalue weighted by Gasteiger charge is 2.66. The molecule has 0 bridgehead atoms. The predicted molar refractivity (Wildman–Crippen MR) is 90.9 cm³/mol. The Balaban J connectivity index is 1.69. The van der Waals surface area contributed by atoms with Crippen LogP contribution in [0.1, 0.15) is 39.0 Å². The molecule has 1 spiro atoms. The van der Waals surface area contributed by atoms with Crippen LogP contribution in [0.3, 0.4) is 0 Å². The van der Waals surface area contributed by atoms with Crippen LogP contribution >= 0.6 is 0 Å². The normalized spacial score (nSPS) is 37.6. The van der Waals surface area contributed by atoms with E-state index in [9.17, 15) is 19.8 Å². The molecule has 1 amide bonds. The van der Waals surface area contributed by atoms with Gasteiger partial charge in [-0.25, -0.2) is 0 Å². The van der Waals surface area contributed by atoms with Gasteiger partial charge in [-0.1, -0.05) is 6.42 Å². The predicted octanol–water partition coefficient (Wildman–Crippen LogP) is -0.847. The Labute approximate surface area is 157 Å². The highest BCUT2D eigenvalue weighted by Crippen LogP contribution is 2.49. The van der Waals surface area contributed by atoms with Crippen LogP contribution in [0, 0.1) is 0 Å². The topological polar surface area (TPSA) is 132 Å². The first kappa shape index (κ1) is 19.0. The Kier molecular flexibility index (Phi) is 4.65. The average Bonchev–Trinajstić information content (AvgIpc) is 3.17. The van der Waals surface area contributed by atoms with Crippen molar-refractivity contribution in [3.8, 4) is 0 Å². The third kappa shape index (κ3) is 2.76. The molecule has 4 rings (SSSR count). The molecule has 3 aliphatic heterocycles. The Morgan fingerprint density at radius 2 is 1.81 bits per heavy atom. The molecule has 3 fully saturated rings. The summed E-state index contributed by atoms with van der Waals surface area (Å²) in [5.41, 5.74) is 4.70. The lowest BCUT2D eigenvalue weighted by Gasteiger charge is -2.39. The fourth-order valence-corrected chi connectivity index (χ4v) is 4.52. The van der Waals surface area contributed by atoms with Gasteiger partial charge in [-0.15, -0.1) is 0 Å². The van der Waals surface area contributed by atoms with Crippen LogP contribution in [-0.2, 0) is 23.8 Å². The number of carbonyl (C=O) groups is 2. The number of Topliss-reactive ketones (excluding diaryl/α,β-unsaturated/α-hetero) is 1. The average molecular weight is 382 g/mol. The van der Waals surface area contributed by atoms with Crippen molar-refractivity contribution in [2.24, 2.45) is 5.73 Å². The van der Waals surface area contributed by atoms with Gasteiger partial charge in [0.1, 0.15) is 23.9 Å². The van der Waals surface area contributed by atoms with Gasteiger partial charge in [0.2, 0.25) is 0 Å². The van der Waals surface area contributed by atoms with Gasteiger partial charge in [0.15, 0.2) is 17.8 Å². The molecule has 4 aliphatic rings. The van der Waals surface area contributed by atoms with E-state index in [-0.39, 0.29) is 0 Å². The number of amides is 1. The Morgan fingerprint density at radius 1 is 1.15 bits per heavy atom. The molecule has 1 aliphatic carbocycles. The van der Waals surface area contributed by atoms with Crippen molar-refractivity contribution >= 4 is 11.7 Å². The maximum Gasteiger partial charge on any atom is 0.253 e. The summed E-state index contributed by atoms with van der Waals surface area (Å²) in [6.07, 6.45) is 3.45. The van der Waals surface area contributed by atoms with Crippen molar-refractivity contribution in [2.75, 3.05) is 13.2 Å². The highest BCUT2D eigenvalue weighted by atomic mass is 16.8. The molecule has 1 saturated carbocycles. The van der Waals surface area contributed by atoms with E-state index in [1.807, 2.05) is 0 Å². The highest BCUT2D eigenvalue weighted by molar-refractivity contribution is 6.15. The number of fused-ring (bicyclic) bond motifs is 1. The number of hydrogen-bond acceptors (Lipinski definition) is 8. The van der Waals surface area contributed by atoms with Crippen LogP contribution in [-0.4, -0.2) is 75.9 Å². The standard InChI is InChI=1S/C18H26N2O7/c1-10-7-20(15(24)11(19)12(10)23)16-13-14(17(8-21,9-22)27-16)26-18(25-13)5-3-2-4-6-18/h7,11,13-14,16,21-22H,2-6,8-9,19H2,1H3/t11?,13-,14?,16+/m0/s1. The summed E-state index contributed by atoms with van der Waals surface area (Å²) in [5.74, 6) is -1.83. The maximum absolute atomic E-state index is 12.6. The molecule has 150 valence electrons. The third-order valence-corrected chi connectivity index (χ3v) is 6.10. The number of ketones is 1. The van der Waals surface area contributed by atoms with Crippen LogP contribution in [0.15, 0.2) is 11.8 Å². The molecule has 27 heavy (non-hydrogen) atoms. The van der Waals surface area contributed by atoms with E-state index < -0.39 is 60.8 Å². The zero-order chi connectivity index (χ0) is 19.4. The molecule has 0 aromatic carbocycles. The van der Waals surface area contributed by atoms with Crippen molar-refractivity contribution in [3.05, 3.63) is 11.8 Å². The van der Waals surface area contributed by atoms with Gasteiger partial charge < -0.3 is 30.2 Å². The minimum atomic E-state index is -1.40. The Morgan fingerprint density at radius 3 is 2.44 bits per heavy atom. The van der Waals surface area contributed by atoms with Gasteiger partial charge in [0.25, 0.3) is 5.91 Å². The molecule has 2 saturated heterocycles. The van der Waals surface area contributed by atoms with E-state index in [1.165, 1.54) is 11.1 Å². The summed E-state index contributed by atoms with van der Waals surface area (Å²) in [6.45, 7) is 0.598. The van der Waals surface area contributed by atoms with Gasteiger partial charge in [-0.3, -0.25) is 14.5 Å². The molecule has 0 radical (unpaired) electrons. The van der Waals surface area contributed by atoms with Crippen LogP contribution in [0.2, 0.25) is 0 Å². The smallest absolute Gasteiger partial charge is 0.253 e. The van der Waals surface area contributed by atoms with Gasteiger partial charge in [-0.05, 0) is 19.8 Å². The van der Waals surface area contributed by atoms with E-state index in [0.29, 0.717) is 18.4 Å². The number of ether oxygens (including phenoxy) is 3. The van der Waals surface area contributed by atoms with Gasteiger partial charge in [-0.2, -0.15) is 0 Å². The van der Waals surface area contributed by atoms with Crippen LogP contribution in [0.25, 0.3) is 0 Å². The van der Waals surface area contributed by atoms with E-state index in [2.05, 4.69) is 0 Å². The third-order valence-electron chi connectivity index (χ3n) is 6.10. The van der Waals surface area contributed by atoms with Crippen molar-refractivity contribution < 1.29 is 34.0 Å². The van der Waals surface area contributed by atoms with Crippen LogP contribution in [0.4, 0.5) is 0 Å². The van der Waals surface area contributed by atoms with Gasteiger partial charge in [0.05, 0.1) is 13.2 Å². The minimum absolute atomic E-state index is 0.332. The lowest BCUT2D eigenvalue weighted by Crippen LogP contribution is -2.56. The number of aliphatic hydroxyl groups excluding tert-OH is 2. The summed E-state index contributed by atoms with van der Waals surface area (Å²) in [5, 5.41) is 19.9. The van der Waals surface area contributed by atoms with E-state index >= 15 is 0 Å². The number of carbonyl (C=O) groups excluding carboxylic acids is 2. The summed E-state index contributed by atoms with van der Waals surface area (Å²) < 4.78 is 18.4. The molecule has 4 atom stereocenters. The largest absolute Gasteiger partial charge is 0.393 e. The maximum atomic E-state index is 12.6. The van der Waals surface area contributed by atoms with Crippen molar-refractivity contribution in [2.45, 2.75) is 74.9 Å². The molecule has 2 unspecified atom stereocenters. The van der Waals surface area contributed by atoms with Crippen LogP contribution in [0.5, 0.6) is 0 Å². The van der Waals surface area contributed by atoms with E-state index in [4.69, 9.17) is 19.9 Å². The summed E-state index contributed by atoms with van der Waals surface area (Å²) in [7, 11) is 0. The molecule has 0 aromatic heterocycles. The first-order chi connectivity index (χ1) is 12.9. The van der Waals surface area contributed by atoms with E-state index in [0.717, 1.165) is 19.3 Å². The molecule has 9 nitrogen and oxygen atoms in total. The monoisotopic (exact) mass is 382 g/mol. The minimum Gasteiger partial charge on any atom is -0.393 e. The van der Waals surface area contributed by atoms with Crippen LogP contribution < -0.4 is 5.73 Å². The molecular weight excluding hydrogens is 356 g/mol. The second-order valence-electron chi connectivity index (χ2n) is 7.88. The molecule has 3 heterocycles. The fraction of sp³-hybridized carbons (Fsp3) is 0.778. The molecule has 4 N–H and O–H groups in total. The number of nitrogens with two attached hydrogens (primary N) is 1. The first-order valence-corrected chi connectivity index (χ1v) is 9.42. The summed E-state index contributed by atoms with van der Waals surface area (Å²) in [4.78, 5) is 25.9. The lowest BCUT2D eigenvalue weighted by molar-refractivity contribution is -0.260. The fourth-order valence-electron chi connectivity index (χ4n) is 4.52. The Hall–Kier alpha value is -1.36. The SMILES string of the molecule is CC1=CN([C@@H]2OC(CO)(CO)C3OC4(CCCCC4)O[C@@H]32)C(=O)C(N)C1=O. The zero-order valence-electron chi connectivity index (χ0n) is 15.3. The molecular formula is C18H26N2O7. The summed E-state index contributed by atoms with van der Waals surface area (Å²) >= 11 is 0.